The van der Waals surface area contributed by atoms with E-state index in [2.05, 4.69) is 30.6 Å². The molecule has 0 spiro atoms. The van der Waals surface area contributed by atoms with Gasteiger partial charge in [-0.3, -0.25) is 4.79 Å². The Morgan fingerprint density at radius 3 is 2.64 bits per heavy atom. The van der Waals surface area contributed by atoms with Crippen molar-refractivity contribution in [2.75, 3.05) is 13.7 Å². The van der Waals surface area contributed by atoms with Gasteiger partial charge in [0.05, 0.1) is 27.7 Å². The van der Waals surface area contributed by atoms with Crippen LogP contribution in [-0.4, -0.2) is 32.9 Å². The number of carbonyl (C=O) groups is 1. The molecule has 1 aliphatic carbocycles. The first-order valence-corrected chi connectivity index (χ1v) is 11.9. The number of aliphatic hydroxyl groups is 1. The quantitative estimate of drug-likeness (QED) is 0.284. The van der Waals surface area contributed by atoms with Gasteiger partial charge in [0, 0.05) is 11.1 Å². The van der Waals surface area contributed by atoms with Crippen molar-refractivity contribution in [2.45, 2.75) is 44.1 Å². The van der Waals surface area contributed by atoms with E-state index in [1.54, 1.807) is 25.1 Å². The van der Waals surface area contributed by atoms with Gasteiger partial charge in [0.25, 0.3) is 0 Å². The SMILES string of the molecule is CCOC(=O)C1Cc2cc(OOC)ccc2C(O)(C#N)C1[Si](C)(C)C. The van der Waals surface area contributed by atoms with Gasteiger partial charge in [-0.05, 0) is 31.0 Å². The average Bonchev–Trinajstić information content (AvgIpc) is 2.53. The third-order valence-corrected chi connectivity index (χ3v) is 7.34. The number of nitriles is 1. The topological polar surface area (TPSA) is 88.8 Å². The summed E-state index contributed by atoms with van der Waals surface area (Å²) < 4.78 is 5.24. The minimum atomic E-state index is -2.09. The van der Waals surface area contributed by atoms with E-state index >= 15 is 0 Å². The van der Waals surface area contributed by atoms with E-state index < -0.39 is 25.1 Å². The summed E-state index contributed by atoms with van der Waals surface area (Å²) in [6.45, 7) is 8.18. The van der Waals surface area contributed by atoms with Crippen molar-refractivity contribution < 1.29 is 24.4 Å². The van der Waals surface area contributed by atoms with Gasteiger partial charge in [0.2, 0.25) is 0 Å². The second-order valence-electron chi connectivity index (χ2n) is 7.35. The first-order valence-electron chi connectivity index (χ1n) is 8.33. The zero-order chi connectivity index (χ0) is 18.8. The van der Waals surface area contributed by atoms with E-state index in [1.165, 1.54) is 7.11 Å². The van der Waals surface area contributed by atoms with Crippen LogP contribution in [0, 0.1) is 17.2 Å². The summed E-state index contributed by atoms with van der Waals surface area (Å²) in [5.41, 5.74) is -0.968. The predicted molar refractivity (Wildman–Crippen MR) is 94.5 cm³/mol. The fraction of sp³-hybridized carbons (Fsp3) is 0.556. The number of hydrogen-bond acceptors (Lipinski definition) is 6. The molecule has 2 rings (SSSR count). The number of benzene rings is 1. The molecular formula is C18H25NO5Si. The van der Waals surface area contributed by atoms with Crippen molar-refractivity contribution in [3.05, 3.63) is 29.3 Å². The molecule has 1 aliphatic rings. The summed E-state index contributed by atoms with van der Waals surface area (Å²) in [6, 6.07) is 7.12. The highest BCUT2D eigenvalue weighted by Gasteiger charge is 2.56. The van der Waals surface area contributed by atoms with E-state index in [1.807, 2.05) is 0 Å². The standard InChI is InChI=1S/C18H25NO5Si/c1-6-23-17(20)14-10-12-9-13(24-22-2)7-8-15(12)18(21,11-19)16(14)25(3,4)5/h7-9,14,16,21H,6,10H2,1-5H3. The summed E-state index contributed by atoms with van der Waals surface area (Å²) in [7, 11) is -0.698. The van der Waals surface area contributed by atoms with E-state index in [-0.39, 0.29) is 12.6 Å². The van der Waals surface area contributed by atoms with Gasteiger partial charge in [-0.15, -0.1) is 0 Å². The highest BCUT2D eigenvalue weighted by molar-refractivity contribution is 6.78. The zero-order valence-corrected chi connectivity index (χ0v) is 16.3. The molecule has 3 unspecified atom stereocenters. The largest absolute Gasteiger partial charge is 0.466 e. The first kappa shape index (κ1) is 19.4. The molecule has 0 amide bonds. The Hall–Kier alpha value is -1.88. The molecule has 3 atom stereocenters. The smallest absolute Gasteiger partial charge is 0.309 e. The maximum absolute atomic E-state index is 12.6. The maximum atomic E-state index is 12.6. The van der Waals surface area contributed by atoms with Crippen LogP contribution in [0.2, 0.25) is 25.2 Å². The molecule has 1 aromatic rings. The summed E-state index contributed by atoms with van der Waals surface area (Å²) in [6.07, 6.45) is 0.397. The van der Waals surface area contributed by atoms with Crippen LogP contribution in [-0.2, 0) is 26.4 Å². The maximum Gasteiger partial charge on any atom is 0.309 e. The average molecular weight is 363 g/mol. The molecule has 0 aliphatic heterocycles. The Morgan fingerprint density at radius 2 is 2.12 bits per heavy atom. The van der Waals surface area contributed by atoms with Gasteiger partial charge in [0.15, 0.2) is 11.4 Å². The molecule has 0 heterocycles. The van der Waals surface area contributed by atoms with E-state index in [4.69, 9.17) is 9.62 Å². The minimum absolute atomic E-state index is 0.262. The van der Waals surface area contributed by atoms with Crippen LogP contribution < -0.4 is 4.89 Å². The summed E-state index contributed by atoms with van der Waals surface area (Å²) >= 11 is 0. The second kappa shape index (κ2) is 7.16. The third-order valence-electron chi connectivity index (χ3n) is 4.65. The van der Waals surface area contributed by atoms with Gasteiger partial charge < -0.3 is 14.7 Å². The Bertz CT molecular complexity index is 694. The van der Waals surface area contributed by atoms with Crippen LogP contribution in [0.25, 0.3) is 0 Å². The van der Waals surface area contributed by atoms with Crippen molar-refractivity contribution in [3.8, 4) is 11.8 Å². The highest BCUT2D eigenvalue weighted by atomic mass is 28.3. The lowest BCUT2D eigenvalue weighted by Gasteiger charge is -2.46. The lowest BCUT2D eigenvalue weighted by molar-refractivity contribution is -0.178. The number of rotatable bonds is 5. The molecule has 0 bridgehead atoms. The molecule has 1 N–H and O–H groups in total. The Balaban J connectivity index is 2.63. The predicted octanol–water partition coefficient (Wildman–Crippen LogP) is 2.78. The highest BCUT2D eigenvalue weighted by Crippen LogP contribution is 2.52. The van der Waals surface area contributed by atoms with Crippen LogP contribution in [0.5, 0.6) is 5.75 Å². The van der Waals surface area contributed by atoms with Crippen molar-refractivity contribution in [3.63, 3.8) is 0 Å². The van der Waals surface area contributed by atoms with Gasteiger partial charge in [-0.1, -0.05) is 25.7 Å². The van der Waals surface area contributed by atoms with Crippen LogP contribution in [0.1, 0.15) is 18.1 Å². The Labute approximate surface area is 149 Å². The van der Waals surface area contributed by atoms with Crippen molar-refractivity contribution >= 4 is 14.0 Å². The van der Waals surface area contributed by atoms with Gasteiger partial charge >= 0.3 is 5.97 Å². The van der Waals surface area contributed by atoms with Crippen LogP contribution >= 0.6 is 0 Å². The normalized spacial score (nSPS) is 25.6. The molecule has 25 heavy (non-hydrogen) atoms. The fourth-order valence-electron chi connectivity index (χ4n) is 3.90. The van der Waals surface area contributed by atoms with Crippen LogP contribution in [0.15, 0.2) is 18.2 Å². The van der Waals surface area contributed by atoms with Crippen LogP contribution in [0.3, 0.4) is 0 Å². The molecule has 6 nitrogen and oxygen atoms in total. The monoisotopic (exact) mass is 363 g/mol. The summed E-state index contributed by atoms with van der Waals surface area (Å²) in [5.74, 6) is -0.482. The summed E-state index contributed by atoms with van der Waals surface area (Å²) in [4.78, 5) is 22.3. The van der Waals surface area contributed by atoms with Crippen molar-refractivity contribution in [1.29, 1.82) is 5.26 Å². The van der Waals surface area contributed by atoms with Gasteiger partial charge in [-0.2, -0.15) is 10.1 Å². The molecular weight excluding hydrogens is 338 g/mol. The molecule has 7 heteroatoms. The first-order chi connectivity index (χ1) is 11.7. The molecule has 136 valence electrons. The molecule has 0 radical (unpaired) electrons. The fourth-order valence-corrected chi connectivity index (χ4v) is 6.84. The van der Waals surface area contributed by atoms with E-state index in [0.717, 1.165) is 0 Å². The minimum Gasteiger partial charge on any atom is -0.466 e. The number of hydrogen-bond donors (Lipinski definition) is 1. The van der Waals surface area contributed by atoms with Gasteiger partial charge in [0.1, 0.15) is 6.07 Å². The van der Waals surface area contributed by atoms with E-state index in [0.29, 0.717) is 23.3 Å². The summed E-state index contributed by atoms with van der Waals surface area (Å²) in [5, 5.41) is 21.2. The zero-order valence-electron chi connectivity index (χ0n) is 15.3. The molecule has 1 aromatic carbocycles. The van der Waals surface area contributed by atoms with Crippen molar-refractivity contribution in [2.24, 2.45) is 5.92 Å². The second-order valence-corrected chi connectivity index (χ2v) is 12.7. The van der Waals surface area contributed by atoms with Crippen LogP contribution in [0.4, 0.5) is 0 Å². The number of fused-ring (bicyclic) bond motifs is 1. The number of nitrogens with zero attached hydrogens (tertiary/aromatic N) is 1. The Kier molecular flexibility index (Phi) is 5.57. The molecule has 0 fully saturated rings. The molecule has 0 aromatic heterocycles. The lowest BCUT2D eigenvalue weighted by atomic mass is 9.73. The number of carbonyl (C=O) groups excluding carboxylic acids is 1. The number of ether oxygens (including phenoxy) is 1. The third kappa shape index (κ3) is 3.56. The number of esters is 1. The van der Waals surface area contributed by atoms with Gasteiger partial charge in [-0.25, -0.2) is 0 Å². The lowest BCUT2D eigenvalue weighted by Crippen LogP contribution is -2.52. The molecule has 0 saturated heterocycles. The Morgan fingerprint density at radius 1 is 1.44 bits per heavy atom. The van der Waals surface area contributed by atoms with Crippen molar-refractivity contribution in [1.82, 2.24) is 0 Å². The molecule has 0 saturated carbocycles. The van der Waals surface area contributed by atoms with E-state index in [9.17, 15) is 15.2 Å².